The largest absolute Gasteiger partial charge is 0.492 e. The quantitative estimate of drug-likeness (QED) is 0.725. The number of aromatic amines is 1. The molecule has 3 heterocycles. The van der Waals surface area contributed by atoms with Crippen LogP contribution in [0.4, 0.5) is 0 Å². The van der Waals surface area contributed by atoms with Crippen molar-refractivity contribution in [3.63, 3.8) is 0 Å². The topological polar surface area (TPSA) is 68.6 Å². The van der Waals surface area contributed by atoms with Gasteiger partial charge in [-0.2, -0.15) is 0 Å². The zero-order chi connectivity index (χ0) is 13.2. The fourth-order valence-electron chi connectivity index (χ4n) is 1.87. The van der Waals surface area contributed by atoms with E-state index in [0.29, 0.717) is 24.0 Å². The average Bonchev–Trinajstić information content (AvgIpc) is 3.08. The highest BCUT2D eigenvalue weighted by Crippen LogP contribution is 2.22. The van der Waals surface area contributed by atoms with Crippen molar-refractivity contribution in [2.24, 2.45) is 0 Å². The lowest BCUT2D eigenvalue weighted by Crippen LogP contribution is -2.03. The van der Waals surface area contributed by atoms with E-state index in [1.807, 2.05) is 19.2 Å². The molecule has 0 fully saturated rings. The summed E-state index contributed by atoms with van der Waals surface area (Å²) in [5.41, 5.74) is 2.30. The van der Waals surface area contributed by atoms with Gasteiger partial charge in [-0.05, 0) is 13.0 Å². The molecule has 0 spiro atoms. The summed E-state index contributed by atoms with van der Waals surface area (Å²) in [6.45, 7) is 6.37. The molecule has 19 heavy (non-hydrogen) atoms. The van der Waals surface area contributed by atoms with Gasteiger partial charge in [0.05, 0.1) is 17.6 Å². The summed E-state index contributed by atoms with van der Waals surface area (Å²) >= 11 is 0. The molecule has 0 saturated heterocycles. The third-order valence-electron chi connectivity index (χ3n) is 2.71. The monoisotopic (exact) mass is 255 g/mol. The van der Waals surface area contributed by atoms with Crippen LogP contribution < -0.4 is 0 Å². The molecule has 0 radical (unpaired) electrons. The van der Waals surface area contributed by atoms with Gasteiger partial charge in [-0.3, -0.25) is 4.57 Å². The first-order chi connectivity index (χ1) is 9.29. The van der Waals surface area contributed by atoms with E-state index in [4.69, 9.17) is 4.74 Å². The van der Waals surface area contributed by atoms with Crippen molar-refractivity contribution >= 4 is 16.8 Å². The third kappa shape index (κ3) is 1.97. The van der Waals surface area contributed by atoms with Crippen LogP contribution in [-0.2, 0) is 4.74 Å². The summed E-state index contributed by atoms with van der Waals surface area (Å²) in [5, 5.41) is 0. The van der Waals surface area contributed by atoms with E-state index in [-0.39, 0.29) is 0 Å². The molecule has 3 aromatic heterocycles. The van der Waals surface area contributed by atoms with E-state index in [9.17, 15) is 0 Å². The van der Waals surface area contributed by atoms with Crippen LogP contribution in [0, 0.1) is 0 Å². The highest BCUT2D eigenvalue weighted by molar-refractivity contribution is 5.85. The van der Waals surface area contributed by atoms with Crippen LogP contribution in [-0.4, -0.2) is 31.1 Å². The second-order valence-electron chi connectivity index (χ2n) is 3.94. The van der Waals surface area contributed by atoms with E-state index in [1.165, 1.54) is 0 Å². The van der Waals surface area contributed by atoms with Crippen LogP contribution in [0.5, 0.6) is 0 Å². The Morgan fingerprint density at radius 3 is 3.11 bits per heavy atom. The molecule has 0 aliphatic heterocycles. The minimum atomic E-state index is 0.527. The molecular formula is C13H13N5O. The van der Waals surface area contributed by atoms with E-state index in [1.54, 1.807) is 23.3 Å². The lowest BCUT2D eigenvalue weighted by Gasteiger charge is -2.09. The van der Waals surface area contributed by atoms with E-state index < -0.39 is 0 Å². The number of aromatic nitrogens is 5. The molecule has 0 unspecified atom stereocenters. The first kappa shape index (κ1) is 11.5. The molecule has 6 nitrogen and oxygen atoms in total. The number of hydrogen-bond acceptors (Lipinski definition) is 4. The van der Waals surface area contributed by atoms with Crippen LogP contribution in [0.3, 0.4) is 0 Å². The molecule has 0 atom stereocenters. The second kappa shape index (κ2) is 4.56. The summed E-state index contributed by atoms with van der Waals surface area (Å²) in [6.07, 6.45) is 6.95. The Hall–Kier alpha value is -2.63. The Kier molecular flexibility index (Phi) is 2.75. The minimum absolute atomic E-state index is 0.527. The zero-order valence-electron chi connectivity index (χ0n) is 10.5. The number of ether oxygens (including phenoxy) is 1. The highest BCUT2D eigenvalue weighted by atomic mass is 16.5. The molecular weight excluding hydrogens is 242 g/mol. The van der Waals surface area contributed by atoms with Gasteiger partial charge in [-0.1, -0.05) is 6.58 Å². The fraction of sp³-hybridized carbons (Fsp3) is 0.154. The van der Waals surface area contributed by atoms with Gasteiger partial charge < -0.3 is 9.72 Å². The first-order valence-corrected chi connectivity index (χ1v) is 5.95. The van der Waals surface area contributed by atoms with Gasteiger partial charge in [0.1, 0.15) is 17.8 Å². The van der Waals surface area contributed by atoms with Crippen molar-refractivity contribution in [1.29, 1.82) is 0 Å². The summed E-state index contributed by atoms with van der Waals surface area (Å²) in [5.74, 6) is 1.07. The number of fused-ring (bicyclic) bond motifs is 1. The van der Waals surface area contributed by atoms with Crippen LogP contribution in [0.15, 0.2) is 37.6 Å². The summed E-state index contributed by atoms with van der Waals surface area (Å²) < 4.78 is 7.19. The van der Waals surface area contributed by atoms with Gasteiger partial charge in [0.15, 0.2) is 0 Å². The lowest BCUT2D eigenvalue weighted by molar-refractivity contribution is 0.298. The van der Waals surface area contributed by atoms with Crippen molar-refractivity contribution in [2.75, 3.05) is 6.61 Å². The van der Waals surface area contributed by atoms with Gasteiger partial charge in [-0.25, -0.2) is 15.0 Å². The predicted octanol–water partition coefficient (Wildman–Crippen LogP) is 2.15. The molecule has 3 aromatic rings. The number of rotatable bonds is 4. The van der Waals surface area contributed by atoms with Gasteiger partial charge in [0.25, 0.3) is 0 Å². The summed E-state index contributed by atoms with van der Waals surface area (Å²) in [7, 11) is 0. The molecule has 0 aliphatic carbocycles. The minimum Gasteiger partial charge on any atom is -0.492 e. The maximum atomic E-state index is 5.45. The third-order valence-corrected chi connectivity index (χ3v) is 2.71. The maximum Gasteiger partial charge on any atom is 0.236 e. The van der Waals surface area contributed by atoms with E-state index in [0.717, 1.165) is 11.0 Å². The predicted molar refractivity (Wildman–Crippen MR) is 71.7 cm³/mol. The Morgan fingerprint density at radius 2 is 2.37 bits per heavy atom. The fourth-order valence-corrected chi connectivity index (χ4v) is 1.87. The smallest absolute Gasteiger partial charge is 0.236 e. The number of nitrogens with zero attached hydrogens (tertiary/aromatic N) is 4. The molecule has 3 rings (SSSR count). The average molecular weight is 255 g/mol. The van der Waals surface area contributed by atoms with Gasteiger partial charge in [-0.15, -0.1) is 0 Å². The maximum absolute atomic E-state index is 5.45. The Bertz CT molecular complexity index is 714. The van der Waals surface area contributed by atoms with Crippen molar-refractivity contribution in [3.8, 4) is 5.95 Å². The zero-order valence-corrected chi connectivity index (χ0v) is 10.5. The molecule has 6 heteroatoms. The molecule has 0 aliphatic rings. The van der Waals surface area contributed by atoms with Gasteiger partial charge in [0.2, 0.25) is 5.95 Å². The van der Waals surface area contributed by atoms with Crippen LogP contribution >= 0.6 is 0 Å². The van der Waals surface area contributed by atoms with Gasteiger partial charge >= 0.3 is 0 Å². The normalized spacial score (nSPS) is 10.8. The van der Waals surface area contributed by atoms with Crippen molar-refractivity contribution in [2.45, 2.75) is 6.92 Å². The SMILES string of the molecule is C=C(OCC)c1nc(-n2ccnc2)nc2cc[nH]c12. The first-order valence-electron chi connectivity index (χ1n) is 5.95. The van der Waals surface area contributed by atoms with Crippen LogP contribution in [0.25, 0.3) is 22.7 Å². The number of H-pyrrole nitrogens is 1. The number of hydrogen-bond donors (Lipinski definition) is 1. The molecule has 0 aromatic carbocycles. The molecule has 0 bridgehead atoms. The Morgan fingerprint density at radius 1 is 1.47 bits per heavy atom. The van der Waals surface area contributed by atoms with Gasteiger partial charge in [0, 0.05) is 18.6 Å². The Balaban J connectivity index is 2.18. The van der Waals surface area contributed by atoms with E-state index in [2.05, 4.69) is 26.5 Å². The molecule has 0 amide bonds. The second-order valence-corrected chi connectivity index (χ2v) is 3.94. The van der Waals surface area contributed by atoms with E-state index >= 15 is 0 Å². The van der Waals surface area contributed by atoms with Crippen LogP contribution in [0.1, 0.15) is 12.6 Å². The Labute approximate surface area is 109 Å². The van der Waals surface area contributed by atoms with Crippen LogP contribution in [0.2, 0.25) is 0 Å². The number of nitrogens with one attached hydrogen (secondary N) is 1. The standard InChI is InChI=1S/C13H13N5O/c1-3-19-9(2)11-12-10(4-5-15-12)16-13(17-11)18-7-6-14-8-18/h4-8,15H,2-3H2,1H3. The number of imidazole rings is 1. The van der Waals surface area contributed by atoms with Crippen molar-refractivity contribution < 1.29 is 4.74 Å². The van der Waals surface area contributed by atoms with Crippen molar-refractivity contribution in [3.05, 3.63) is 43.3 Å². The van der Waals surface area contributed by atoms with Crippen molar-refractivity contribution in [1.82, 2.24) is 24.5 Å². The molecule has 1 N–H and O–H groups in total. The summed E-state index contributed by atoms with van der Waals surface area (Å²) in [6, 6.07) is 1.89. The lowest BCUT2D eigenvalue weighted by atomic mass is 10.3. The molecule has 96 valence electrons. The summed E-state index contributed by atoms with van der Waals surface area (Å²) in [4.78, 5) is 16.1. The molecule has 0 saturated carbocycles. The highest BCUT2D eigenvalue weighted by Gasteiger charge is 2.13.